The van der Waals surface area contributed by atoms with Crippen LogP contribution in [-0.4, -0.2) is 34.0 Å². The van der Waals surface area contributed by atoms with Crippen molar-refractivity contribution in [3.63, 3.8) is 0 Å². The molecule has 10 heteroatoms. The van der Waals surface area contributed by atoms with Gasteiger partial charge in [-0.05, 0) is 40.5 Å². The van der Waals surface area contributed by atoms with Crippen molar-refractivity contribution in [2.24, 2.45) is 16.9 Å². The number of amides is 3. The molecule has 2 bridgehead atoms. The highest BCUT2D eigenvalue weighted by Gasteiger charge is 2.68. The van der Waals surface area contributed by atoms with Gasteiger partial charge in [0.2, 0.25) is 11.8 Å². The molecule has 10 nitrogen and oxygen atoms in total. The Morgan fingerprint density at radius 3 is 2.17 bits per heavy atom. The Balaban J connectivity index is 1.38. The molecule has 206 valence electrons. The quantitative estimate of drug-likeness (QED) is 0.162. The number of phenolic OH excluding ortho intramolecular Hbond substituents is 1. The van der Waals surface area contributed by atoms with Crippen LogP contribution in [0.25, 0.3) is 0 Å². The van der Waals surface area contributed by atoms with Crippen LogP contribution in [0.2, 0.25) is 0 Å². The van der Waals surface area contributed by atoms with Gasteiger partial charge in [0, 0.05) is 24.3 Å². The first kappa shape index (κ1) is 25.3. The summed E-state index contributed by atoms with van der Waals surface area (Å²) in [6, 6.07) is 27.2. The molecule has 0 spiro atoms. The predicted molar refractivity (Wildman–Crippen MR) is 152 cm³/mol. The fourth-order valence-corrected chi connectivity index (χ4v) is 6.95. The van der Waals surface area contributed by atoms with Crippen LogP contribution in [0.4, 0.5) is 11.4 Å². The number of non-ortho nitro benzene ring substituents is 1. The summed E-state index contributed by atoms with van der Waals surface area (Å²) in [5, 5.41) is 25.7. The van der Waals surface area contributed by atoms with Gasteiger partial charge in [-0.2, -0.15) is 5.10 Å². The van der Waals surface area contributed by atoms with Gasteiger partial charge in [-0.3, -0.25) is 24.5 Å². The highest BCUT2D eigenvalue weighted by molar-refractivity contribution is 6.25. The lowest BCUT2D eigenvalue weighted by Crippen LogP contribution is -2.54. The molecular weight excluding hydrogens is 536 g/mol. The molecule has 3 aliphatic carbocycles. The molecule has 1 heterocycles. The van der Waals surface area contributed by atoms with Crippen LogP contribution in [-0.2, 0) is 15.0 Å². The van der Waals surface area contributed by atoms with Crippen LogP contribution in [0.15, 0.2) is 102 Å². The number of hydrogen-bond donors (Lipinski definition) is 2. The van der Waals surface area contributed by atoms with E-state index in [1.807, 2.05) is 54.6 Å². The smallest absolute Gasteiger partial charge is 0.275 e. The second-order valence-corrected chi connectivity index (χ2v) is 10.5. The number of nitro groups is 1. The second kappa shape index (κ2) is 9.20. The van der Waals surface area contributed by atoms with Gasteiger partial charge in [0.1, 0.15) is 5.75 Å². The van der Waals surface area contributed by atoms with Gasteiger partial charge in [-0.1, -0.05) is 66.7 Å². The number of para-hydroxylation sites is 1. The number of nitrogens with zero attached hydrogens (tertiary/aromatic N) is 3. The third-order valence-electron chi connectivity index (χ3n) is 8.57. The zero-order valence-electron chi connectivity index (χ0n) is 21.9. The van der Waals surface area contributed by atoms with E-state index in [-0.39, 0.29) is 29.0 Å². The van der Waals surface area contributed by atoms with Crippen LogP contribution in [0.1, 0.15) is 38.5 Å². The van der Waals surface area contributed by atoms with Gasteiger partial charge in [0.25, 0.3) is 11.6 Å². The fourth-order valence-electron chi connectivity index (χ4n) is 6.95. The number of benzene rings is 4. The van der Waals surface area contributed by atoms with Crippen molar-refractivity contribution < 1.29 is 24.4 Å². The first-order valence-corrected chi connectivity index (χ1v) is 13.3. The third kappa shape index (κ3) is 3.38. The standard InChI is InChI=1S/C32H22N4O6/c37-25-15-14-19(36(41)42)16-22(25)29(38)34-33-17-32-23-12-6-4-10-20(23)26(21-11-5-7-13-24(21)32)27-28(32)31(40)35(30(27)39)18-8-2-1-3-9-18/h1-17,26-28,37H,(H,34,38)/b33-17-/t26?,27-,28-,32?/m0/s1. The summed E-state index contributed by atoms with van der Waals surface area (Å²) in [7, 11) is 0. The predicted octanol–water partition coefficient (Wildman–Crippen LogP) is 4.27. The molecule has 2 atom stereocenters. The number of carbonyl (C=O) groups excluding carboxylic acids is 3. The summed E-state index contributed by atoms with van der Waals surface area (Å²) < 4.78 is 0. The second-order valence-electron chi connectivity index (χ2n) is 10.5. The number of aromatic hydroxyl groups is 1. The molecule has 8 rings (SSSR count). The van der Waals surface area contributed by atoms with Crippen molar-refractivity contribution in [2.45, 2.75) is 11.3 Å². The van der Waals surface area contributed by atoms with Gasteiger partial charge in [-0.25, -0.2) is 10.3 Å². The van der Waals surface area contributed by atoms with Crippen molar-refractivity contribution in [2.75, 3.05) is 4.90 Å². The van der Waals surface area contributed by atoms with E-state index in [1.54, 1.807) is 24.3 Å². The number of rotatable bonds is 5. The number of nitrogens with one attached hydrogen (secondary N) is 1. The number of nitro benzene ring substituents is 1. The molecular formula is C32H22N4O6. The van der Waals surface area contributed by atoms with E-state index in [4.69, 9.17) is 0 Å². The first-order chi connectivity index (χ1) is 20.3. The van der Waals surface area contributed by atoms with Crippen molar-refractivity contribution in [1.82, 2.24) is 5.43 Å². The maximum atomic E-state index is 14.3. The molecule has 0 aromatic heterocycles. The monoisotopic (exact) mass is 558 g/mol. The fraction of sp³-hybridized carbons (Fsp3) is 0.125. The van der Waals surface area contributed by atoms with Gasteiger partial charge in [0.05, 0.1) is 33.4 Å². The van der Waals surface area contributed by atoms with E-state index in [1.165, 1.54) is 11.1 Å². The molecule has 4 aromatic carbocycles. The molecule has 4 aromatic rings. The maximum Gasteiger partial charge on any atom is 0.275 e. The number of hydrogen-bond acceptors (Lipinski definition) is 7. The zero-order chi connectivity index (χ0) is 29.2. The van der Waals surface area contributed by atoms with Gasteiger partial charge >= 0.3 is 0 Å². The average molecular weight is 559 g/mol. The lowest BCUT2D eigenvalue weighted by molar-refractivity contribution is -0.384. The molecule has 1 saturated heterocycles. The van der Waals surface area contributed by atoms with Crippen molar-refractivity contribution in [3.8, 4) is 5.75 Å². The minimum atomic E-state index is -1.21. The zero-order valence-corrected chi connectivity index (χ0v) is 21.9. The lowest BCUT2D eigenvalue weighted by atomic mass is 9.47. The molecule has 42 heavy (non-hydrogen) atoms. The Morgan fingerprint density at radius 2 is 1.52 bits per heavy atom. The summed E-state index contributed by atoms with van der Waals surface area (Å²) in [5.74, 6) is -3.87. The summed E-state index contributed by atoms with van der Waals surface area (Å²) in [6.45, 7) is 0. The van der Waals surface area contributed by atoms with Crippen LogP contribution >= 0.6 is 0 Å². The number of phenols is 1. The highest BCUT2D eigenvalue weighted by atomic mass is 16.6. The van der Waals surface area contributed by atoms with Crippen LogP contribution < -0.4 is 10.3 Å². The van der Waals surface area contributed by atoms with Crippen LogP contribution in [0, 0.1) is 22.0 Å². The summed E-state index contributed by atoms with van der Waals surface area (Å²) in [5.41, 5.74) is 4.38. The molecule has 2 N–H and O–H groups in total. The highest BCUT2D eigenvalue weighted by Crippen LogP contribution is 2.63. The number of imide groups is 1. The van der Waals surface area contributed by atoms with Crippen LogP contribution in [0.3, 0.4) is 0 Å². The topological polar surface area (TPSA) is 142 Å². The van der Waals surface area contributed by atoms with E-state index in [9.17, 15) is 29.6 Å². The molecule has 4 aliphatic rings. The van der Waals surface area contributed by atoms with E-state index in [0.717, 1.165) is 40.5 Å². The third-order valence-corrected chi connectivity index (χ3v) is 8.57. The Hall–Kier alpha value is -5.64. The Kier molecular flexibility index (Phi) is 5.55. The average Bonchev–Trinajstić information content (AvgIpc) is 3.28. The van der Waals surface area contributed by atoms with E-state index in [0.29, 0.717) is 5.69 Å². The lowest BCUT2D eigenvalue weighted by Gasteiger charge is -2.52. The van der Waals surface area contributed by atoms with Crippen LogP contribution in [0.5, 0.6) is 5.75 Å². The first-order valence-electron chi connectivity index (χ1n) is 13.3. The van der Waals surface area contributed by atoms with Gasteiger partial charge < -0.3 is 5.11 Å². The van der Waals surface area contributed by atoms with E-state index in [2.05, 4.69) is 10.5 Å². The normalized spacial score (nSPS) is 23.4. The maximum absolute atomic E-state index is 14.3. The molecule has 3 amide bonds. The summed E-state index contributed by atoms with van der Waals surface area (Å²) in [6.07, 6.45) is 1.49. The van der Waals surface area contributed by atoms with Crippen molar-refractivity contribution >= 4 is 35.3 Å². The number of anilines is 1. The van der Waals surface area contributed by atoms with Crippen molar-refractivity contribution in [3.05, 3.63) is 135 Å². The van der Waals surface area contributed by atoms with Gasteiger partial charge in [0.15, 0.2) is 0 Å². The van der Waals surface area contributed by atoms with Gasteiger partial charge in [-0.15, -0.1) is 0 Å². The van der Waals surface area contributed by atoms with E-state index < -0.39 is 33.8 Å². The Morgan fingerprint density at radius 1 is 0.905 bits per heavy atom. The molecule has 1 fully saturated rings. The molecule has 0 saturated carbocycles. The molecule has 0 unspecified atom stereocenters. The largest absolute Gasteiger partial charge is 0.507 e. The summed E-state index contributed by atoms with van der Waals surface area (Å²) >= 11 is 0. The minimum absolute atomic E-state index is 0.298. The minimum Gasteiger partial charge on any atom is -0.507 e. The van der Waals surface area contributed by atoms with E-state index >= 15 is 0 Å². The Bertz CT molecular complexity index is 1810. The number of hydrazone groups is 1. The summed E-state index contributed by atoms with van der Waals surface area (Å²) in [4.78, 5) is 53.2. The SMILES string of the molecule is O=C(N/N=C\C12c3ccccc3C(c3ccccc31)[C@@H]1C(=O)N(c3ccccc3)C(=O)[C@H]12)c1cc([N+](=O)[O-])ccc1O. The number of carbonyl (C=O) groups is 3. The molecule has 0 radical (unpaired) electrons. The Labute approximate surface area is 239 Å². The molecule has 1 aliphatic heterocycles. The van der Waals surface area contributed by atoms with Crippen molar-refractivity contribution in [1.29, 1.82) is 0 Å².